The Morgan fingerprint density at radius 1 is 1.44 bits per heavy atom. The van der Waals surface area contributed by atoms with Crippen molar-refractivity contribution in [3.63, 3.8) is 0 Å². The fraction of sp³-hybridized carbons (Fsp3) is 0.538. The molecular formula is C13H17NO4. The lowest BCUT2D eigenvalue weighted by molar-refractivity contribution is -0.382. The average molecular weight is 251 g/mol. The van der Waals surface area contributed by atoms with Gasteiger partial charge >= 0.3 is 5.97 Å². The molecule has 18 heavy (non-hydrogen) atoms. The quantitative estimate of drug-likeness (QED) is 0.768. The second-order valence-corrected chi connectivity index (χ2v) is 4.01. The highest BCUT2D eigenvalue weighted by Crippen LogP contribution is 2.31. The fourth-order valence-electron chi connectivity index (χ4n) is 1.82. The molecule has 0 aromatic carbocycles. The highest BCUT2D eigenvalue weighted by molar-refractivity contribution is 5.90. The van der Waals surface area contributed by atoms with E-state index in [4.69, 9.17) is 14.2 Å². The molecule has 2 heterocycles. The zero-order valence-corrected chi connectivity index (χ0v) is 10.8. The maximum absolute atomic E-state index is 11.8. The molecule has 1 aliphatic heterocycles. The van der Waals surface area contributed by atoms with Crippen LogP contribution in [0, 0.1) is 0 Å². The smallest absolute Gasteiger partial charge is 0.339 e. The molecule has 0 aliphatic carbocycles. The van der Waals surface area contributed by atoms with Gasteiger partial charge in [0.2, 0.25) is 0 Å². The first-order valence-electron chi connectivity index (χ1n) is 6.12. The second-order valence-electron chi connectivity index (χ2n) is 4.01. The molecule has 0 atom stereocenters. The van der Waals surface area contributed by atoms with Crippen LogP contribution in [0.1, 0.15) is 48.7 Å². The molecule has 1 fully saturated rings. The van der Waals surface area contributed by atoms with Gasteiger partial charge in [0.15, 0.2) is 12.6 Å². The third-order valence-electron chi connectivity index (χ3n) is 2.72. The Morgan fingerprint density at radius 3 is 2.72 bits per heavy atom. The second kappa shape index (κ2) is 5.46. The summed E-state index contributed by atoms with van der Waals surface area (Å²) in [5.74, 6) is -0.351. The molecule has 1 aromatic heterocycles. The monoisotopic (exact) mass is 251 g/mol. The molecule has 0 bridgehead atoms. The van der Waals surface area contributed by atoms with Crippen LogP contribution in [-0.2, 0) is 20.6 Å². The first-order valence-corrected chi connectivity index (χ1v) is 6.12. The van der Waals surface area contributed by atoms with Gasteiger partial charge in [-0.15, -0.1) is 0 Å². The van der Waals surface area contributed by atoms with E-state index >= 15 is 0 Å². The molecule has 5 heteroatoms. The van der Waals surface area contributed by atoms with Gasteiger partial charge in [-0.2, -0.15) is 0 Å². The van der Waals surface area contributed by atoms with Gasteiger partial charge in [-0.05, 0) is 26.3 Å². The lowest BCUT2D eigenvalue weighted by Gasteiger charge is -2.33. The summed E-state index contributed by atoms with van der Waals surface area (Å²) >= 11 is 0. The van der Waals surface area contributed by atoms with Gasteiger partial charge < -0.3 is 14.2 Å². The standard InChI is InChI=1S/C13H17NO4/c1-4-11-10(12(15)16-5-2)6-9(7-14-11)13-17-8(3)18-13/h6-8,13H,4-5H2,1-3H3. The highest BCUT2D eigenvalue weighted by atomic mass is 16.9. The van der Waals surface area contributed by atoms with E-state index in [-0.39, 0.29) is 12.3 Å². The maximum Gasteiger partial charge on any atom is 0.339 e. The van der Waals surface area contributed by atoms with Crippen molar-refractivity contribution in [3.8, 4) is 0 Å². The van der Waals surface area contributed by atoms with Gasteiger partial charge in [-0.3, -0.25) is 4.98 Å². The third kappa shape index (κ3) is 2.52. The molecule has 2 rings (SSSR count). The summed E-state index contributed by atoms with van der Waals surface area (Å²) in [6, 6.07) is 1.74. The predicted octanol–water partition coefficient (Wildman–Crippen LogP) is 2.21. The van der Waals surface area contributed by atoms with Gasteiger partial charge in [-0.25, -0.2) is 4.79 Å². The van der Waals surface area contributed by atoms with Crippen molar-refractivity contribution < 1.29 is 19.0 Å². The largest absolute Gasteiger partial charge is 0.462 e. The Hall–Kier alpha value is -1.46. The number of esters is 1. The lowest BCUT2D eigenvalue weighted by atomic mass is 10.1. The molecule has 1 aromatic rings. The van der Waals surface area contributed by atoms with Crippen molar-refractivity contribution in [2.24, 2.45) is 0 Å². The van der Waals surface area contributed by atoms with Gasteiger partial charge in [0, 0.05) is 11.8 Å². The number of rotatable bonds is 4. The Labute approximate surface area is 106 Å². The number of carbonyl (C=O) groups excluding carboxylic acids is 1. The maximum atomic E-state index is 11.8. The zero-order valence-electron chi connectivity index (χ0n) is 10.8. The number of pyridine rings is 1. The normalized spacial score (nSPS) is 22.4. The minimum absolute atomic E-state index is 0.202. The first-order chi connectivity index (χ1) is 8.65. The lowest BCUT2D eigenvalue weighted by Crippen LogP contribution is -2.32. The van der Waals surface area contributed by atoms with E-state index in [0.717, 1.165) is 11.3 Å². The van der Waals surface area contributed by atoms with Crippen molar-refractivity contribution in [3.05, 3.63) is 29.1 Å². The van der Waals surface area contributed by atoms with Gasteiger partial charge in [0.05, 0.1) is 17.9 Å². The van der Waals surface area contributed by atoms with Crippen molar-refractivity contribution >= 4 is 5.97 Å². The molecular weight excluding hydrogens is 234 g/mol. The molecule has 0 unspecified atom stereocenters. The van der Waals surface area contributed by atoms with Crippen LogP contribution in [0.15, 0.2) is 12.3 Å². The predicted molar refractivity (Wildman–Crippen MR) is 63.9 cm³/mol. The fourth-order valence-corrected chi connectivity index (χ4v) is 1.82. The van der Waals surface area contributed by atoms with Crippen LogP contribution < -0.4 is 0 Å². The average Bonchev–Trinajstić information content (AvgIpc) is 2.34. The van der Waals surface area contributed by atoms with E-state index in [0.29, 0.717) is 18.6 Å². The summed E-state index contributed by atoms with van der Waals surface area (Å²) in [5, 5.41) is 0. The Morgan fingerprint density at radius 2 is 2.17 bits per heavy atom. The number of aromatic nitrogens is 1. The van der Waals surface area contributed by atoms with E-state index in [1.54, 1.807) is 19.2 Å². The molecule has 0 saturated carbocycles. The number of carbonyl (C=O) groups is 1. The van der Waals surface area contributed by atoms with E-state index in [2.05, 4.69) is 4.98 Å². The molecule has 0 N–H and O–H groups in total. The Balaban J connectivity index is 2.24. The summed E-state index contributed by atoms with van der Waals surface area (Å²) in [6.45, 7) is 5.89. The molecule has 5 nitrogen and oxygen atoms in total. The third-order valence-corrected chi connectivity index (χ3v) is 2.72. The van der Waals surface area contributed by atoms with Gasteiger partial charge in [0.25, 0.3) is 0 Å². The van der Waals surface area contributed by atoms with Crippen LogP contribution in [-0.4, -0.2) is 23.9 Å². The van der Waals surface area contributed by atoms with E-state index in [1.807, 2.05) is 13.8 Å². The molecule has 1 aliphatic rings. The summed E-state index contributed by atoms with van der Waals surface area (Å²) in [4.78, 5) is 16.1. The number of nitrogens with zero attached hydrogens (tertiary/aromatic N) is 1. The van der Waals surface area contributed by atoms with Gasteiger partial charge in [0.1, 0.15) is 0 Å². The zero-order chi connectivity index (χ0) is 13.1. The summed E-state index contributed by atoms with van der Waals surface area (Å²) in [7, 11) is 0. The number of hydrogen-bond acceptors (Lipinski definition) is 5. The minimum atomic E-state index is -0.424. The van der Waals surface area contributed by atoms with Crippen molar-refractivity contribution in [1.29, 1.82) is 0 Å². The number of aryl methyl sites for hydroxylation is 1. The van der Waals surface area contributed by atoms with E-state index < -0.39 is 6.29 Å². The first kappa shape index (κ1) is 13.0. The van der Waals surface area contributed by atoms with E-state index in [1.165, 1.54) is 0 Å². The van der Waals surface area contributed by atoms with Crippen molar-refractivity contribution in [2.45, 2.75) is 39.8 Å². The number of hydrogen-bond donors (Lipinski definition) is 0. The van der Waals surface area contributed by atoms with Crippen molar-refractivity contribution in [1.82, 2.24) is 4.98 Å². The molecule has 98 valence electrons. The SMILES string of the molecule is CCOC(=O)c1cc(C2OC(C)O2)cnc1CC. The number of ether oxygens (including phenoxy) is 3. The van der Waals surface area contributed by atoms with Crippen LogP contribution in [0.3, 0.4) is 0 Å². The molecule has 1 saturated heterocycles. The molecule has 0 radical (unpaired) electrons. The summed E-state index contributed by atoms with van der Waals surface area (Å²) in [5.41, 5.74) is 1.96. The highest BCUT2D eigenvalue weighted by Gasteiger charge is 2.29. The Kier molecular flexibility index (Phi) is 3.93. The summed E-state index contributed by atoms with van der Waals surface area (Å²) in [6.07, 6.45) is 1.73. The van der Waals surface area contributed by atoms with Crippen LogP contribution in [0.5, 0.6) is 0 Å². The van der Waals surface area contributed by atoms with Crippen LogP contribution in [0.4, 0.5) is 0 Å². The van der Waals surface area contributed by atoms with Crippen LogP contribution >= 0.6 is 0 Å². The molecule has 0 spiro atoms. The van der Waals surface area contributed by atoms with Gasteiger partial charge in [-0.1, -0.05) is 6.92 Å². The van der Waals surface area contributed by atoms with Crippen molar-refractivity contribution in [2.75, 3.05) is 6.61 Å². The topological polar surface area (TPSA) is 57.7 Å². The summed E-state index contributed by atoms with van der Waals surface area (Å²) < 4.78 is 15.8. The molecule has 0 amide bonds. The van der Waals surface area contributed by atoms with E-state index in [9.17, 15) is 4.79 Å². The minimum Gasteiger partial charge on any atom is -0.462 e. The van der Waals surface area contributed by atoms with Crippen LogP contribution in [0.25, 0.3) is 0 Å². The Bertz CT molecular complexity index is 441. The van der Waals surface area contributed by atoms with Crippen LogP contribution in [0.2, 0.25) is 0 Å².